The molecule has 1 aliphatic heterocycles. The normalized spacial score (nSPS) is 12.5. The number of hydrogen-bond acceptors (Lipinski definition) is 8. The van der Waals surface area contributed by atoms with Gasteiger partial charge >= 0.3 is 0 Å². The molecule has 122 valence electrons. The topological polar surface area (TPSA) is 128 Å². The summed E-state index contributed by atoms with van der Waals surface area (Å²) in [5.41, 5.74) is 7.42. The van der Waals surface area contributed by atoms with Gasteiger partial charge in [-0.1, -0.05) is 11.8 Å². The molecule has 24 heavy (non-hydrogen) atoms. The van der Waals surface area contributed by atoms with Crippen LogP contribution in [0, 0.1) is 0 Å². The van der Waals surface area contributed by atoms with Crippen LogP contribution >= 0.6 is 11.8 Å². The van der Waals surface area contributed by atoms with E-state index < -0.39 is 0 Å². The molecule has 9 nitrogen and oxygen atoms in total. The number of benzene rings is 1. The number of aromatic amines is 1. The third-order valence-corrected chi connectivity index (χ3v) is 4.24. The molecular weight excluding hydrogens is 332 g/mol. The number of ether oxygens (including phenoxy) is 2. The number of carbonyl (C=O) groups excluding carboxylic acids is 1. The highest BCUT2D eigenvalue weighted by molar-refractivity contribution is 8.00. The van der Waals surface area contributed by atoms with Crippen molar-refractivity contribution >= 4 is 40.5 Å². The Hall–Kier alpha value is -3.01. The summed E-state index contributed by atoms with van der Waals surface area (Å²) in [7, 11) is 0. The zero-order valence-corrected chi connectivity index (χ0v) is 13.1. The van der Waals surface area contributed by atoms with E-state index in [-0.39, 0.29) is 24.4 Å². The Balaban J connectivity index is 1.44. The molecule has 0 bridgehead atoms. The number of anilines is 2. The quantitative estimate of drug-likeness (QED) is 0.478. The zero-order valence-electron chi connectivity index (χ0n) is 12.3. The number of fused-ring (bicyclic) bond motifs is 2. The highest BCUT2D eigenvalue weighted by atomic mass is 32.2. The van der Waals surface area contributed by atoms with Gasteiger partial charge in [0.15, 0.2) is 17.1 Å². The molecule has 0 saturated heterocycles. The Bertz CT molecular complexity index is 928. The van der Waals surface area contributed by atoms with Crippen LogP contribution in [0.25, 0.3) is 11.2 Å². The summed E-state index contributed by atoms with van der Waals surface area (Å²) in [6, 6.07) is 5.23. The first-order chi connectivity index (χ1) is 11.7. The van der Waals surface area contributed by atoms with E-state index >= 15 is 0 Å². The fraction of sp³-hybridized carbons (Fsp3) is 0.143. The molecule has 4 rings (SSSR count). The number of H-pyrrole nitrogens is 1. The molecule has 0 atom stereocenters. The molecule has 1 aromatic carbocycles. The first kappa shape index (κ1) is 14.6. The summed E-state index contributed by atoms with van der Waals surface area (Å²) in [6.45, 7) is 0.192. The van der Waals surface area contributed by atoms with Crippen LogP contribution in [0.1, 0.15) is 0 Å². The molecule has 0 spiro atoms. The van der Waals surface area contributed by atoms with E-state index in [0.29, 0.717) is 33.4 Å². The number of nitrogens with zero attached hydrogens (tertiary/aromatic N) is 3. The summed E-state index contributed by atoms with van der Waals surface area (Å²) in [4.78, 5) is 27.3. The first-order valence-corrected chi connectivity index (χ1v) is 7.96. The smallest absolute Gasteiger partial charge is 0.234 e. The van der Waals surface area contributed by atoms with Gasteiger partial charge in [-0.15, -0.1) is 0 Å². The number of imidazole rings is 1. The van der Waals surface area contributed by atoms with Crippen molar-refractivity contribution in [3.8, 4) is 11.5 Å². The second kappa shape index (κ2) is 5.89. The third kappa shape index (κ3) is 2.78. The molecule has 1 aliphatic rings. The lowest BCUT2D eigenvalue weighted by Gasteiger charge is -2.06. The van der Waals surface area contributed by atoms with Crippen molar-refractivity contribution in [1.82, 2.24) is 19.9 Å². The second-order valence-corrected chi connectivity index (χ2v) is 5.86. The maximum Gasteiger partial charge on any atom is 0.234 e. The highest BCUT2D eigenvalue weighted by Gasteiger charge is 2.15. The summed E-state index contributed by atoms with van der Waals surface area (Å²) < 4.78 is 10.5. The molecule has 3 aromatic rings. The number of thioether (sulfide) groups is 1. The molecule has 0 unspecified atom stereocenters. The van der Waals surface area contributed by atoms with Gasteiger partial charge in [0.05, 0.1) is 12.1 Å². The second-order valence-electron chi connectivity index (χ2n) is 4.89. The molecule has 2 aromatic heterocycles. The van der Waals surface area contributed by atoms with Gasteiger partial charge in [0.25, 0.3) is 0 Å². The van der Waals surface area contributed by atoms with Gasteiger partial charge in [0, 0.05) is 11.8 Å². The van der Waals surface area contributed by atoms with Gasteiger partial charge in [-0.05, 0) is 12.1 Å². The monoisotopic (exact) mass is 344 g/mol. The number of rotatable bonds is 4. The third-order valence-electron chi connectivity index (χ3n) is 3.27. The summed E-state index contributed by atoms with van der Waals surface area (Å²) in [5.74, 6) is 1.39. The Labute approximate surface area is 140 Å². The lowest BCUT2D eigenvalue weighted by molar-refractivity contribution is -0.113. The van der Waals surface area contributed by atoms with Gasteiger partial charge in [0.1, 0.15) is 10.5 Å². The average Bonchev–Trinajstić information content (AvgIpc) is 3.20. The standard InChI is InChI=1S/C14H12N6O3S/c15-14-19-12-11(16-5-17-12)13(20-14)24-4-10(21)18-7-1-2-8-9(3-7)23-6-22-8/h1-3,5H,4,6H2,(H,18,21)(H3,15,16,17,19,20). The van der Waals surface area contributed by atoms with E-state index in [1.807, 2.05) is 0 Å². The van der Waals surface area contributed by atoms with E-state index in [2.05, 4.69) is 25.3 Å². The van der Waals surface area contributed by atoms with Gasteiger partial charge in [-0.25, -0.2) is 9.97 Å². The Morgan fingerprint density at radius 1 is 1.33 bits per heavy atom. The molecular formula is C14H12N6O3S. The number of aromatic nitrogens is 4. The van der Waals surface area contributed by atoms with E-state index in [9.17, 15) is 4.79 Å². The molecule has 10 heteroatoms. The van der Waals surface area contributed by atoms with Crippen LogP contribution in [-0.4, -0.2) is 38.4 Å². The predicted molar refractivity (Wildman–Crippen MR) is 88.0 cm³/mol. The minimum atomic E-state index is -0.177. The highest BCUT2D eigenvalue weighted by Crippen LogP contribution is 2.34. The summed E-state index contributed by atoms with van der Waals surface area (Å²) in [6.07, 6.45) is 1.51. The minimum Gasteiger partial charge on any atom is -0.454 e. The van der Waals surface area contributed by atoms with Crippen molar-refractivity contribution in [1.29, 1.82) is 0 Å². The van der Waals surface area contributed by atoms with Gasteiger partial charge in [0.2, 0.25) is 18.6 Å². The molecule has 0 saturated carbocycles. The molecule has 0 aliphatic carbocycles. The lowest BCUT2D eigenvalue weighted by atomic mass is 10.3. The van der Waals surface area contributed by atoms with Gasteiger partial charge in [-0.3, -0.25) is 4.79 Å². The van der Waals surface area contributed by atoms with Crippen molar-refractivity contribution < 1.29 is 14.3 Å². The number of nitrogens with one attached hydrogen (secondary N) is 2. The van der Waals surface area contributed by atoms with Crippen LogP contribution in [0.5, 0.6) is 11.5 Å². The summed E-state index contributed by atoms with van der Waals surface area (Å²) in [5, 5.41) is 3.38. The fourth-order valence-corrected chi connectivity index (χ4v) is 3.02. The maximum atomic E-state index is 12.1. The van der Waals surface area contributed by atoms with Crippen LogP contribution in [0.4, 0.5) is 11.6 Å². The van der Waals surface area contributed by atoms with Crippen LogP contribution in [0.15, 0.2) is 29.6 Å². The number of hydrogen-bond donors (Lipinski definition) is 3. The van der Waals surface area contributed by atoms with Gasteiger partial charge in [-0.2, -0.15) is 4.98 Å². The SMILES string of the molecule is Nc1nc(SCC(=O)Nc2ccc3c(c2)OCO3)c2[nH]cnc2n1. The molecule has 3 heterocycles. The van der Waals surface area contributed by atoms with Crippen molar-refractivity contribution in [2.45, 2.75) is 5.03 Å². The van der Waals surface area contributed by atoms with Crippen molar-refractivity contribution in [3.05, 3.63) is 24.5 Å². The van der Waals surface area contributed by atoms with Crippen LogP contribution < -0.4 is 20.5 Å². The number of amides is 1. The Morgan fingerprint density at radius 3 is 3.12 bits per heavy atom. The first-order valence-electron chi connectivity index (χ1n) is 6.98. The largest absolute Gasteiger partial charge is 0.454 e. The fourth-order valence-electron chi connectivity index (χ4n) is 2.23. The molecule has 4 N–H and O–H groups in total. The van der Waals surface area contributed by atoms with Crippen molar-refractivity contribution in [2.24, 2.45) is 0 Å². The number of nitrogen functional groups attached to an aromatic ring is 1. The van der Waals surface area contributed by atoms with Crippen LogP contribution in [0.3, 0.4) is 0 Å². The summed E-state index contributed by atoms with van der Waals surface area (Å²) >= 11 is 1.25. The number of nitrogens with two attached hydrogens (primary N) is 1. The minimum absolute atomic E-state index is 0.119. The van der Waals surface area contributed by atoms with Crippen molar-refractivity contribution in [3.63, 3.8) is 0 Å². The number of carbonyl (C=O) groups is 1. The average molecular weight is 344 g/mol. The van der Waals surface area contributed by atoms with Crippen LogP contribution in [0.2, 0.25) is 0 Å². The van der Waals surface area contributed by atoms with E-state index in [1.54, 1.807) is 18.2 Å². The maximum absolute atomic E-state index is 12.1. The van der Waals surface area contributed by atoms with E-state index in [4.69, 9.17) is 15.2 Å². The molecule has 0 radical (unpaired) electrons. The lowest BCUT2D eigenvalue weighted by Crippen LogP contribution is -2.14. The zero-order chi connectivity index (χ0) is 16.5. The van der Waals surface area contributed by atoms with Gasteiger partial charge < -0.3 is 25.5 Å². The van der Waals surface area contributed by atoms with E-state index in [1.165, 1.54) is 18.1 Å². The van der Waals surface area contributed by atoms with E-state index in [0.717, 1.165) is 0 Å². The molecule has 0 fully saturated rings. The van der Waals surface area contributed by atoms with Crippen LogP contribution in [-0.2, 0) is 4.79 Å². The van der Waals surface area contributed by atoms with Crippen molar-refractivity contribution in [2.75, 3.05) is 23.6 Å². The Kier molecular flexibility index (Phi) is 3.58. The predicted octanol–water partition coefficient (Wildman–Crippen LogP) is 1.39. The Morgan fingerprint density at radius 2 is 2.21 bits per heavy atom. The molecule has 1 amide bonds.